The van der Waals surface area contributed by atoms with Crippen molar-refractivity contribution < 1.29 is 4.79 Å². The van der Waals surface area contributed by atoms with Gasteiger partial charge < -0.3 is 5.32 Å². The predicted molar refractivity (Wildman–Crippen MR) is 80.6 cm³/mol. The van der Waals surface area contributed by atoms with Gasteiger partial charge in [-0.05, 0) is 50.4 Å². The molecule has 110 valence electrons. The molecule has 1 aromatic rings. The van der Waals surface area contributed by atoms with Gasteiger partial charge >= 0.3 is 0 Å². The zero-order valence-electron chi connectivity index (χ0n) is 12.5. The molecular weight excluding hydrogens is 250 g/mol. The van der Waals surface area contributed by atoms with Gasteiger partial charge in [0.05, 0.1) is 0 Å². The van der Waals surface area contributed by atoms with Gasteiger partial charge in [0.2, 0.25) is 0 Å². The van der Waals surface area contributed by atoms with Crippen LogP contribution in [0.15, 0.2) is 24.5 Å². The summed E-state index contributed by atoms with van der Waals surface area (Å²) in [6.07, 6.45) is 7.01. The van der Waals surface area contributed by atoms with E-state index in [1.54, 1.807) is 24.5 Å². The normalized spacial score (nSPS) is 17.4. The SMILES string of the molecule is CC(C)CC(CNC(=O)c1ccncc1)N1CCCC1. The molecule has 4 nitrogen and oxygen atoms in total. The maximum atomic E-state index is 12.1. The van der Waals surface area contributed by atoms with Gasteiger partial charge in [-0.15, -0.1) is 0 Å². The van der Waals surface area contributed by atoms with E-state index in [0.29, 0.717) is 17.5 Å². The molecule has 0 spiro atoms. The summed E-state index contributed by atoms with van der Waals surface area (Å²) in [6, 6.07) is 3.97. The highest BCUT2D eigenvalue weighted by Crippen LogP contribution is 2.17. The highest BCUT2D eigenvalue weighted by atomic mass is 16.1. The first kappa shape index (κ1) is 15.0. The van der Waals surface area contributed by atoms with Gasteiger partial charge in [0.15, 0.2) is 0 Å². The van der Waals surface area contributed by atoms with Crippen molar-refractivity contribution in [1.29, 1.82) is 0 Å². The van der Waals surface area contributed by atoms with E-state index >= 15 is 0 Å². The molecule has 0 bridgehead atoms. The van der Waals surface area contributed by atoms with Crippen LogP contribution in [0.1, 0.15) is 43.5 Å². The lowest BCUT2D eigenvalue weighted by atomic mass is 10.0. The second-order valence-corrected chi connectivity index (χ2v) is 5.97. The van der Waals surface area contributed by atoms with E-state index in [2.05, 4.69) is 29.0 Å². The summed E-state index contributed by atoms with van der Waals surface area (Å²) < 4.78 is 0. The number of pyridine rings is 1. The Morgan fingerprint density at radius 1 is 1.30 bits per heavy atom. The largest absolute Gasteiger partial charge is 0.350 e. The van der Waals surface area contributed by atoms with Crippen LogP contribution >= 0.6 is 0 Å². The molecule has 1 aromatic heterocycles. The number of amides is 1. The minimum Gasteiger partial charge on any atom is -0.350 e. The minimum absolute atomic E-state index is 0.000327. The molecule has 4 heteroatoms. The van der Waals surface area contributed by atoms with Crippen LogP contribution in [0.4, 0.5) is 0 Å². The Hall–Kier alpha value is -1.42. The molecule has 1 aliphatic heterocycles. The van der Waals surface area contributed by atoms with Crippen molar-refractivity contribution >= 4 is 5.91 Å². The third-order valence-electron chi connectivity index (χ3n) is 3.84. The first-order valence-electron chi connectivity index (χ1n) is 7.59. The molecule has 1 aliphatic rings. The number of nitrogens with one attached hydrogen (secondary N) is 1. The van der Waals surface area contributed by atoms with E-state index in [0.717, 1.165) is 13.0 Å². The molecule has 1 fully saturated rings. The molecule has 1 amide bonds. The lowest BCUT2D eigenvalue weighted by Crippen LogP contribution is -2.43. The molecule has 1 saturated heterocycles. The van der Waals surface area contributed by atoms with Crippen LogP contribution in [-0.4, -0.2) is 41.5 Å². The summed E-state index contributed by atoms with van der Waals surface area (Å²) in [7, 11) is 0. The number of rotatable bonds is 6. The number of hydrogen-bond donors (Lipinski definition) is 1. The molecule has 0 radical (unpaired) electrons. The molecule has 0 aliphatic carbocycles. The van der Waals surface area contributed by atoms with Crippen LogP contribution < -0.4 is 5.32 Å². The van der Waals surface area contributed by atoms with E-state index in [1.807, 2.05) is 0 Å². The highest BCUT2D eigenvalue weighted by Gasteiger charge is 2.23. The van der Waals surface area contributed by atoms with Crippen molar-refractivity contribution in [3.05, 3.63) is 30.1 Å². The van der Waals surface area contributed by atoms with Crippen LogP contribution in [0.3, 0.4) is 0 Å². The van der Waals surface area contributed by atoms with Crippen LogP contribution in [0.5, 0.6) is 0 Å². The molecule has 0 aromatic carbocycles. The van der Waals surface area contributed by atoms with Gasteiger partial charge in [0.1, 0.15) is 0 Å². The maximum absolute atomic E-state index is 12.1. The average molecular weight is 275 g/mol. The lowest BCUT2D eigenvalue weighted by Gasteiger charge is -2.29. The number of carbonyl (C=O) groups excluding carboxylic acids is 1. The fraction of sp³-hybridized carbons (Fsp3) is 0.625. The first-order chi connectivity index (χ1) is 9.66. The molecule has 2 rings (SSSR count). The van der Waals surface area contributed by atoms with E-state index in [-0.39, 0.29) is 5.91 Å². The van der Waals surface area contributed by atoms with E-state index in [9.17, 15) is 4.79 Å². The Balaban J connectivity index is 1.89. The standard InChI is InChI=1S/C16H25N3O/c1-13(2)11-15(19-9-3-4-10-19)12-18-16(20)14-5-7-17-8-6-14/h5-8,13,15H,3-4,9-12H2,1-2H3,(H,18,20). The molecule has 2 heterocycles. The average Bonchev–Trinajstić information content (AvgIpc) is 2.97. The van der Waals surface area contributed by atoms with Crippen LogP contribution in [0.2, 0.25) is 0 Å². The zero-order chi connectivity index (χ0) is 14.4. The van der Waals surface area contributed by atoms with E-state index in [1.165, 1.54) is 25.9 Å². The molecule has 0 saturated carbocycles. The molecule has 20 heavy (non-hydrogen) atoms. The van der Waals surface area contributed by atoms with E-state index in [4.69, 9.17) is 0 Å². The summed E-state index contributed by atoms with van der Waals surface area (Å²) in [6.45, 7) is 7.56. The van der Waals surface area contributed by atoms with Crippen molar-refractivity contribution in [1.82, 2.24) is 15.2 Å². The van der Waals surface area contributed by atoms with Gasteiger partial charge in [-0.25, -0.2) is 0 Å². The fourth-order valence-electron chi connectivity index (χ4n) is 2.83. The lowest BCUT2D eigenvalue weighted by molar-refractivity contribution is 0.0933. The number of likely N-dealkylation sites (tertiary alicyclic amines) is 1. The Labute approximate surface area is 121 Å². The van der Waals surface area contributed by atoms with Crippen LogP contribution in [0.25, 0.3) is 0 Å². The Bertz CT molecular complexity index is 413. The summed E-state index contributed by atoms with van der Waals surface area (Å²) >= 11 is 0. The summed E-state index contributed by atoms with van der Waals surface area (Å²) in [5.74, 6) is 0.652. The third kappa shape index (κ3) is 4.30. The number of aromatic nitrogens is 1. The number of carbonyl (C=O) groups is 1. The quantitative estimate of drug-likeness (QED) is 0.866. The zero-order valence-corrected chi connectivity index (χ0v) is 12.5. The Morgan fingerprint density at radius 2 is 1.95 bits per heavy atom. The smallest absolute Gasteiger partial charge is 0.251 e. The number of hydrogen-bond acceptors (Lipinski definition) is 3. The minimum atomic E-state index is 0.000327. The van der Waals surface area contributed by atoms with Gasteiger partial charge in [-0.1, -0.05) is 13.8 Å². The van der Waals surface area contributed by atoms with Gasteiger partial charge in [-0.3, -0.25) is 14.7 Å². The van der Waals surface area contributed by atoms with Gasteiger partial charge in [0.25, 0.3) is 5.91 Å². The monoisotopic (exact) mass is 275 g/mol. The molecule has 1 atom stereocenters. The Morgan fingerprint density at radius 3 is 2.55 bits per heavy atom. The summed E-state index contributed by atoms with van der Waals surface area (Å²) in [5, 5.41) is 3.07. The topological polar surface area (TPSA) is 45.2 Å². The molecular formula is C16H25N3O. The van der Waals surface area contributed by atoms with Crippen molar-refractivity contribution in [2.75, 3.05) is 19.6 Å². The van der Waals surface area contributed by atoms with Gasteiger partial charge in [-0.2, -0.15) is 0 Å². The van der Waals surface area contributed by atoms with Crippen molar-refractivity contribution in [3.63, 3.8) is 0 Å². The van der Waals surface area contributed by atoms with Gasteiger partial charge in [0, 0.05) is 30.5 Å². The maximum Gasteiger partial charge on any atom is 0.251 e. The summed E-state index contributed by atoms with van der Waals surface area (Å²) in [4.78, 5) is 18.6. The van der Waals surface area contributed by atoms with Crippen molar-refractivity contribution in [2.24, 2.45) is 5.92 Å². The van der Waals surface area contributed by atoms with Crippen molar-refractivity contribution in [2.45, 2.75) is 39.2 Å². The fourth-order valence-corrected chi connectivity index (χ4v) is 2.83. The van der Waals surface area contributed by atoms with E-state index < -0.39 is 0 Å². The van der Waals surface area contributed by atoms with Crippen LogP contribution in [0, 0.1) is 5.92 Å². The second-order valence-electron chi connectivity index (χ2n) is 5.97. The predicted octanol–water partition coefficient (Wildman–Crippen LogP) is 2.32. The first-order valence-corrected chi connectivity index (χ1v) is 7.59. The van der Waals surface area contributed by atoms with Crippen molar-refractivity contribution in [3.8, 4) is 0 Å². The van der Waals surface area contributed by atoms with Crippen LogP contribution in [-0.2, 0) is 0 Å². The highest BCUT2D eigenvalue weighted by molar-refractivity contribution is 5.93. The number of nitrogens with zero attached hydrogens (tertiary/aromatic N) is 2. The second kappa shape index (κ2) is 7.39. The molecule has 1 unspecified atom stereocenters. The Kier molecular flexibility index (Phi) is 5.53. The summed E-state index contributed by atoms with van der Waals surface area (Å²) in [5.41, 5.74) is 0.685. The third-order valence-corrected chi connectivity index (χ3v) is 3.84. The molecule has 1 N–H and O–H groups in total.